The highest BCUT2D eigenvalue weighted by molar-refractivity contribution is 6.36. The molecule has 2 aromatic carbocycles. The zero-order valence-electron chi connectivity index (χ0n) is 19.7. The van der Waals surface area contributed by atoms with E-state index in [1.54, 1.807) is 0 Å². The van der Waals surface area contributed by atoms with Crippen molar-refractivity contribution in [2.75, 3.05) is 57.9 Å². The predicted octanol–water partition coefficient (Wildman–Crippen LogP) is 3.01. The monoisotopic (exact) mass is 465 g/mol. The Morgan fingerprint density at radius 1 is 0.824 bits per heavy atom. The zero-order chi connectivity index (χ0) is 23.9. The molecule has 1 N–H and O–H groups in total. The molecule has 8 heteroatoms. The molecular weight excluding hydrogens is 434 g/mol. The number of morpholine rings is 1. The lowest BCUT2D eigenvalue weighted by atomic mass is 10.0. The van der Waals surface area contributed by atoms with Crippen LogP contribution in [0.3, 0.4) is 0 Å². The molecule has 180 valence electrons. The first kappa shape index (κ1) is 23.8. The Morgan fingerprint density at radius 3 is 2.00 bits per heavy atom. The van der Waals surface area contributed by atoms with Crippen LogP contribution < -0.4 is 14.8 Å². The smallest absolute Gasteiger partial charge is 0.278 e. The van der Waals surface area contributed by atoms with Crippen LogP contribution in [0.5, 0.6) is 11.5 Å². The third-order valence-corrected chi connectivity index (χ3v) is 5.80. The number of hydrogen-bond acceptors (Lipinski definition) is 7. The summed E-state index contributed by atoms with van der Waals surface area (Å²) in [6, 6.07) is 14.6. The molecule has 0 bridgehead atoms. The standard InChI is InChI=1S/C26H31N3O5/c1-3-33-21-9-5-19(6-10-21)23-24(27-20-7-11-22(12-8-20)34-4-2)26(31)29(25(23)30)14-13-28-15-17-32-18-16-28/h5-12,27H,3-4,13-18H2,1-2H3. The van der Waals surface area contributed by atoms with Crippen molar-refractivity contribution in [1.82, 2.24) is 9.80 Å². The largest absolute Gasteiger partial charge is 0.494 e. The van der Waals surface area contributed by atoms with Crippen LogP contribution in [0.15, 0.2) is 54.2 Å². The quantitative estimate of drug-likeness (QED) is 0.541. The lowest BCUT2D eigenvalue weighted by Gasteiger charge is -2.28. The molecule has 2 aliphatic heterocycles. The third-order valence-electron chi connectivity index (χ3n) is 5.80. The van der Waals surface area contributed by atoms with E-state index in [4.69, 9.17) is 14.2 Å². The van der Waals surface area contributed by atoms with Crippen LogP contribution in [-0.2, 0) is 14.3 Å². The average Bonchev–Trinajstić information content (AvgIpc) is 3.09. The van der Waals surface area contributed by atoms with Crippen LogP contribution in [0.4, 0.5) is 5.69 Å². The maximum Gasteiger partial charge on any atom is 0.278 e. The molecule has 1 fully saturated rings. The molecule has 0 unspecified atom stereocenters. The lowest BCUT2D eigenvalue weighted by molar-refractivity contribution is -0.137. The first-order valence-corrected chi connectivity index (χ1v) is 11.7. The van der Waals surface area contributed by atoms with E-state index in [0.717, 1.165) is 18.8 Å². The van der Waals surface area contributed by atoms with Gasteiger partial charge in [0.05, 0.1) is 32.0 Å². The van der Waals surface area contributed by atoms with Crippen molar-refractivity contribution in [3.63, 3.8) is 0 Å². The van der Waals surface area contributed by atoms with E-state index in [9.17, 15) is 9.59 Å². The summed E-state index contributed by atoms with van der Waals surface area (Å²) >= 11 is 0. The highest BCUT2D eigenvalue weighted by Crippen LogP contribution is 2.31. The van der Waals surface area contributed by atoms with Gasteiger partial charge in [-0.2, -0.15) is 0 Å². The second-order valence-electron chi connectivity index (χ2n) is 8.01. The molecule has 2 heterocycles. The van der Waals surface area contributed by atoms with Crippen molar-refractivity contribution in [3.05, 3.63) is 59.8 Å². The number of imide groups is 1. The van der Waals surface area contributed by atoms with E-state index in [1.807, 2.05) is 62.4 Å². The first-order valence-electron chi connectivity index (χ1n) is 11.7. The van der Waals surface area contributed by atoms with Gasteiger partial charge in [0.15, 0.2) is 0 Å². The molecule has 0 saturated carbocycles. The van der Waals surface area contributed by atoms with Gasteiger partial charge in [0.2, 0.25) is 0 Å². The van der Waals surface area contributed by atoms with Crippen LogP contribution >= 0.6 is 0 Å². The predicted molar refractivity (Wildman–Crippen MR) is 130 cm³/mol. The summed E-state index contributed by atoms with van der Waals surface area (Å²) in [5, 5.41) is 3.19. The SMILES string of the molecule is CCOc1ccc(NC2=C(c3ccc(OCC)cc3)C(=O)N(CCN3CCOCC3)C2=O)cc1. The van der Waals surface area contributed by atoms with Crippen molar-refractivity contribution < 1.29 is 23.8 Å². The number of carbonyl (C=O) groups is 2. The molecule has 34 heavy (non-hydrogen) atoms. The van der Waals surface area contributed by atoms with E-state index in [-0.39, 0.29) is 17.5 Å². The third kappa shape index (κ3) is 5.40. The Bertz CT molecular complexity index is 1030. The van der Waals surface area contributed by atoms with Gasteiger partial charge in [0.25, 0.3) is 11.8 Å². The van der Waals surface area contributed by atoms with Gasteiger partial charge in [-0.1, -0.05) is 12.1 Å². The normalized spacial score (nSPS) is 16.8. The second kappa shape index (κ2) is 11.2. The molecule has 0 aromatic heterocycles. The fourth-order valence-corrected chi connectivity index (χ4v) is 4.06. The summed E-state index contributed by atoms with van der Waals surface area (Å²) in [6.45, 7) is 8.85. The minimum absolute atomic E-state index is 0.278. The average molecular weight is 466 g/mol. The topological polar surface area (TPSA) is 80.3 Å². The molecule has 1 saturated heterocycles. The number of nitrogens with zero attached hydrogens (tertiary/aromatic N) is 2. The van der Waals surface area contributed by atoms with E-state index in [0.29, 0.717) is 62.1 Å². The minimum atomic E-state index is -0.323. The van der Waals surface area contributed by atoms with Gasteiger partial charge in [-0.15, -0.1) is 0 Å². The van der Waals surface area contributed by atoms with Crippen LogP contribution in [0, 0.1) is 0 Å². The second-order valence-corrected chi connectivity index (χ2v) is 8.01. The Hall–Kier alpha value is -3.36. The Labute approximate surface area is 200 Å². The van der Waals surface area contributed by atoms with Gasteiger partial charge in [-0.3, -0.25) is 19.4 Å². The zero-order valence-corrected chi connectivity index (χ0v) is 19.7. The van der Waals surface area contributed by atoms with Crippen LogP contribution in [-0.4, -0.2) is 74.2 Å². The Balaban J connectivity index is 1.59. The van der Waals surface area contributed by atoms with Crippen molar-refractivity contribution in [2.24, 2.45) is 0 Å². The fourth-order valence-electron chi connectivity index (χ4n) is 4.06. The Morgan fingerprint density at radius 2 is 1.41 bits per heavy atom. The molecule has 8 nitrogen and oxygen atoms in total. The maximum absolute atomic E-state index is 13.5. The van der Waals surface area contributed by atoms with E-state index >= 15 is 0 Å². The maximum atomic E-state index is 13.5. The van der Waals surface area contributed by atoms with Crippen LogP contribution in [0.1, 0.15) is 19.4 Å². The van der Waals surface area contributed by atoms with Gasteiger partial charge >= 0.3 is 0 Å². The molecule has 4 rings (SSSR count). The van der Waals surface area contributed by atoms with Gasteiger partial charge in [0, 0.05) is 31.9 Å². The molecule has 0 atom stereocenters. The number of nitrogens with one attached hydrogen (secondary N) is 1. The van der Waals surface area contributed by atoms with Crippen molar-refractivity contribution in [3.8, 4) is 11.5 Å². The molecular formula is C26H31N3O5. The number of ether oxygens (including phenoxy) is 3. The van der Waals surface area contributed by atoms with Crippen molar-refractivity contribution in [2.45, 2.75) is 13.8 Å². The number of rotatable bonds is 10. The summed E-state index contributed by atoms with van der Waals surface area (Å²) in [5.74, 6) is 0.843. The lowest BCUT2D eigenvalue weighted by Crippen LogP contribution is -2.43. The number of hydrogen-bond donors (Lipinski definition) is 1. The van der Waals surface area contributed by atoms with Gasteiger partial charge in [-0.25, -0.2) is 0 Å². The molecule has 0 spiro atoms. The van der Waals surface area contributed by atoms with Gasteiger partial charge < -0.3 is 19.5 Å². The van der Waals surface area contributed by atoms with E-state index in [1.165, 1.54) is 4.90 Å². The number of anilines is 1. The number of benzene rings is 2. The number of amides is 2. The molecule has 2 amide bonds. The summed E-state index contributed by atoms with van der Waals surface area (Å²) < 4.78 is 16.4. The molecule has 2 aromatic rings. The minimum Gasteiger partial charge on any atom is -0.494 e. The fraction of sp³-hybridized carbons (Fsp3) is 0.385. The van der Waals surface area contributed by atoms with Crippen molar-refractivity contribution >= 4 is 23.1 Å². The Kier molecular flexibility index (Phi) is 7.82. The van der Waals surface area contributed by atoms with Crippen molar-refractivity contribution in [1.29, 1.82) is 0 Å². The highest BCUT2D eigenvalue weighted by atomic mass is 16.5. The highest BCUT2D eigenvalue weighted by Gasteiger charge is 2.39. The van der Waals surface area contributed by atoms with E-state index in [2.05, 4.69) is 10.2 Å². The number of carbonyl (C=O) groups excluding carboxylic acids is 2. The summed E-state index contributed by atoms with van der Waals surface area (Å²) in [5.41, 5.74) is 2.02. The molecule has 0 radical (unpaired) electrons. The van der Waals surface area contributed by atoms with Crippen LogP contribution in [0.25, 0.3) is 5.57 Å². The first-order chi connectivity index (χ1) is 16.6. The van der Waals surface area contributed by atoms with Gasteiger partial charge in [-0.05, 0) is 55.8 Å². The van der Waals surface area contributed by atoms with E-state index < -0.39 is 0 Å². The molecule has 2 aliphatic rings. The summed E-state index contributed by atoms with van der Waals surface area (Å²) in [4.78, 5) is 30.4. The summed E-state index contributed by atoms with van der Waals surface area (Å²) in [6.07, 6.45) is 0. The van der Waals surface area contributed by atoms with Gasteiger partial charge in [0.1, 0.15) is 17.2 Å². The van der Waals surface area contributed by atoms with Crippen LogP contribution in [0.2, 0.25) is 0 Å². The summed E-state index contributed by atoms with van der Waals surface area (Å²) in [7, 11) is 0. The molecule has 0 aliphatic carbocycles.